The van der Waals surface area contributed by atoms with Gasteiger partial charge in [0.05, 0.1) is 5.56 Å². The van der Waals surface area contributed by atoms with Crippen LogP contribution in [0.4, 0.5) is 4.79 Å². The van der Waals surface area contributed by atoms with Crippen molar-refractivity contribution in [2.75, 3.05) is 6.54 Å². The van der Waals surface area contributed by atoms with Gasteiger partial charge in [0.2, 0.25) is 0 Å². The molecule has 4 rings (SSSR count). The van der Waals surface area contributed by atoms with E-state index in [0.29, 0.717) is 18.5 Å². The lowest BCUT2D eigenvalue weighted by molar-refractivity contribution is -0.125. The van der Waals surface area contributed by atoms with Crippen LogP contribution in [0.5, 0.6) is 0 Å². The average molecular weight is 368 g/mol. The average Bonchev–Trinajstić information content (AvgIpc) is 3.31. The smallest absolute Gasteiger partial charge is 0.322 e. The monoisotopic (exact) mass is 368 g/mol. The van der Waals surface area contributed by atoms with Crippen molar-refractivity contribution in [3.05, 3.63) is 36.0 Å². The molecule has 2 aromatic rings. The number of nitrogens with one attached hydrogen (secondary N) is 3. The van der Waals surface area contributed by atoms with E-state index in [-0.39, 0.29) is 17.7 Å². The fourth-order valence-electron chi connectivity index (χ4n) is 4.49. The number of urea groups is 1. The number of para-hydroxylation sites is 1. The topological polar surface area (TPSA) is 92.2 Å². The number of carbonyl (C=O) groups excluding carboxylic acids is 3. The summed E-state index contributed by atoms with van der Waals surface area (Å²) >= 11 is 0. The Kier molecular flexibility index (Phi) is 4.37. The number of rotatable bonds is 5. The maximum Gasteiger partial charge on any atom is 0.322 e. The van der Waals surface area contributed by atoms with Crippen LogP contribution >= 0.6 is 0 Å². The number of hydrogen-bond acceptors (Lipinski definition) is 3. The first-order valence-corrected chi connectivity index (χ1v) is 9.55. The molecule has 1 aliphatic carbocycles. The van der Waals surface area contributed by atoms with Crippen LogP contribution in [0.25, 0.3) is 10.9 Å². The van der Waals surface area contributed by atoms with Gasteiger partial charge in [-0.1, -0.05) is 31.5 Å². The number of carbonyl (C=O) groups is 3. The normalized spacial score (nSPS) is 24.4. The molecule has 0 bridgehead atoms. The predicted molar refractivity (Wildman–Crippen MR) is 101 cm³/mol. The largest absolute Gasteiger partial charge is 0.352 e. The van der Waals surface area contributed by atoms with Gasteiger partial charge in [-0.3, -0.25) is 14.9 Å². The molecule has 0 unspecified atom stereocenters. The Morgan fingerprint density at radius 2 is 2.15 bits per heavy atom. The van der Waals surface area contributed by atoms with E-state index in [1.165, 1.54) is 0 Å². The van der Waals surface area contributed by atoms with Gasteiger partial charge in [-0.15, -0.1) is 0 Å². The Balaban J connectivity index is 1.53. The molecule has 2 heterocycles. The highest BCUT2D eigenvalue weighted by molar-refractivity contribution is 6.08. The third-order valence-electron chi connectivity index (χ3n) is 5.80. The Morgan fingerprint density at radius 1 is 1.33 bits per heavy atom. The van der Waals surface area contributed by atoms with Crippen molar-refractivity contribution >= 4 is 28.7 Å². The summed E-state index contributed by atoms with van der Waals surface area (Å²) in [4.78, 5) is 36.7. The molecule has 4 amide bonds. The lowest BCUT2D eigenvalue weighted by Gasteiger charge is -2.28. The van der Waals surface area contributed by atoms with Crippen LogP contribution in [0.2, 0.25) is 0 Å². The number of amides is 4. The second kappa shape index (κ2) is 6.72. The number of aromatic nitrogens is 1. The van der Waals surface area contributed by atoms with E-state index in [4.69, 9.17) is 0 Å². The number of nitrogens with zero attached hydrogens (tertiary/aromatic N) is 1. The molecule has 27 heavy (non-hydrogen) atoms. The molecule has 1 aromatic carbocycles. The summed E-state index contributed by atoms with van der Waals surface area (Å²) < 4.78 is 2.10. The number of imide groups is 1. The standard InChI is InChI=1S/C20H24N4O3/c1-2-10-24-12-15(14-7-3-4-8-16(14)24)17(25)21-11-13-6-5-9-20(13)18(26)22-19(27)23-20/h3-4,7-8,12-13H,2,5-6,9-11H2,1H3,(H,21,25)(H2,22,23,26,27)/t13-,20-/m0/s1. The summed E-state index contributed by atoms with van der Waals surface area (Å²) in [6.45, 7) is 3.32. The number of fused-ring (bicyclic) bond motifs is 1. The molecule has 0 radical (unpaired) electrons. The molecule has 2 atom stereocenters. The lowest BCUT2D eigenvalue weighted by atomic mass is 9.87. The molecule has 142 valence electrons. The van der Waals surface area contributed by atoms with Gasteiger partial charge in [-0.2, -0.15) is 0 Å². The molecule has 3 N–H and O–H groups in total. The van der Waals surface area contributed by atoms with Gasteiger partial charge in [0.25, 0.3) is 11.8 Å². The lowest BCUT2D eigenvalue weighted by Crippen LogP contribution is -2.53. The highest BCUT2D eigenvalue weighted by Crippen LogP contribution is 2.37. The maximum absolute atomic E-state index is 12.9. The molecule has 2 fully saturated rings. The molecule has 1 spiro atoms. The van der Waals surface area contributed by atoms with E-state index in [1.54, 1.807) is 0 Å². The minimum atomic E-state index is -0.874. The molecule has 7 nitrogen and oxygen atoms in total. The molecule has 1 aliphatic heterocycles. The van der Waals surface area contributed by atoms with Crippen LogP contribution in [-0.2, 0) is 11.3 Å². The van der Waals surface area contributed by atoms with Crippen molar-refractivity contribution in [1.29, 1.82) is 0 Å². The predicted octanol–water partition coefficient (Wildman–Crippen LogP) is 2.16. The zero-order valence-corrected chi connectivity index (χ0v) is 15.4. The Bertz CT molecular complexity index is 919. The molecule has 1 saturated carbocycles. The van der Waals surface area contributed by atoms with Gasteiger partial charge in [0, 0.05) is 36.1 Å². The maximum atomic E-state index is 12.9. The van der Waals surface area contributed by atoms with E-state index in [1.807, 2.05) is 30.5 Å². The fraction of sp³-hybridized carbons (Fsp3) is 0.450. The highest BCUT2D eigenvalue weighted by atomic mass is 16.2. The van der Waals surface area contributed by atoms with Crippen LogP contribution in [-0.4, -0.2) is 34.5 Å². The fourth-order valence-corrected chi connectivity index (χ4v) is 4.49. The molecule has 1 aromatic heterocycles. The second-order valence-corrected chi connectivity index (χ2v) is 7.43. The summed E-state index contributed by atoms with van der Waals surface area (Å²) in [6.07, 6.45) is 5.15. The first-order chi connectivity index (χ1) is 13.0. The van der Waals surface area contributed by atoms with E-state index in [0.717, 1.165) is 36.7 Å². The first kappa shape index (κ1) is 17.6. The van der Waals surface area contributed by atoms with Gasteiger partial charge in [-0.25, -0.2) is 4.79 Å². The van der Waals surface area contributed by atoms with Crippen molar-refractivity contribution in [2.24, 2.45) is 5.92 Å². The van der Waals surface area contributed by atoms with Gasteiger partial charge in [-0.05, 0) is 25.3 Å². The van der Waals surface area contributed by atoms with Crippen molar-refractivity contribution in [2.45, 2.75) is 44.7 Å². The summed E-state index contributed by atoms with van der Waals surface area (Å²) in [7, 11) is 0. The number of benzene rings is 1. The summed E-state index contributed by atoms with van der Waals surface area (Å²) in [5.41, 5.74) is 0.816. The second-order valence-electron chi connectivity index (χ2n) is 7.43. The van der Waals surface area contributed by atoms with E-state index in [2.05, 4.69) is 27.4 Å². The molecular weight excluding hydrogens is 344 g/mol. The van der Waals surface area contributed by atoms with Gasteiger partial charge < -0.3 is 15.2 Å². The SMILES string of the molecule is CCCn1cc(C(=O)NC[C@@H]2CCC[C@]23NC(=O)NC3=O)c2ccccc21. The van der Waals surface area contributed by atoms with Crippen molar-refractivity contribution < 1.29 is 14.4 Å². The van der Waals surface area contributed by atoms with Gasteiger partial charge >= 0.3 is 6.03 Å². The summed E-state index contributed by atoms with van der Waals surface area (Å²) in [5.74, 6) is -0.520. The molecular formula is C20H24N4O3. The number of aryl methyl sites for hydroxylation is 1. The Labute approximate surface area is 157 Å². The quantitative estimate of drug-likeness (QED) is 0.706. The molecule has 2 aliphatic rings. The van der Waals surface area contributed by atoms with Crippen LogP contribution in [0.15, 0.2) is 30.5 Å². The minimum Gasteiger partial charge on any atom is -0.352 e. The van der Waals surface area contributed by atoms with E-state index in [9.17, 15) is 14.4 Å². The van der Waals surface area contributed by atoms with Crippen LogP contribution in [0, 0.1) is 5.92 Å². The minimum absolute atomic E-state index is 0.100. The van der Waals surface area contributed by atoms with E-state index < -0.39 is 11.6 Å². The van der Waals surface area contributed by atoms with E-state index >= 15 is 0 Å². The Morgan fingerprint density at radius 3 is 2.89 bits per heavy atom. The Hall–Kier alpha value is -2.83. The zero-order chi connectivity index (χ0) is 19.0. The van der Waals surface area contributed by atoms with Crippen molar-refractivity contribution in [3.8, 4) is 0 Å². The third kappa shape index (κ3) is 2.87. The molecule has 7 heteroatoms. The number of hydrogen-bond donors (Lipinski definition) is 3. The van der Waals surface area contributed by atoms with Crippen molar-refractivity contribution in [1.82, 2.24) is 20.5 Å². The molecule has 1 saturated heterocycles. The highest BCUT2D eigenvalue weighted by Gasteiger charge is 2.54. The van der Waals surface area contributed by atoms with Crippen LogP contribution in [0.1, 0.15) is 43.0 Å². The zero-order valence-electron chi connectivity index (χ0n) is 15.4. The summed E-state index contributed by atoms with van der Waals surface area (Å²) in [5, 5.41) is 9.04. The van der Waals surface area contributed by atoms with Crippen LogP contribution in [0.3, 0.4) is 0 Å². The van der Waals surface area contributed by atoms with Crippen LogP contribution < -0.4 is 16.0 Å². The first-order valence-electron chi connectivity index (χ1n) is 9.55. The summed E-state index contributed by atoms with van der Waals surface area (Å²) in [6, 6.07) is 7.44. The third-order valence-corrected chi connectivity index (χ3v) is 5.80. The van der Waals surface area contributed by atoms with Gasteiger partial charge in [0.1, 0.15) is 5.54 Å². The van der Waals surface area contributed by atoms with Crippen molar-refractivity contribution in [3.63, 3.8) is 0 Å². The van der Waals surface area contributed by atoms with Gasteiger partial charge in [0.15, 0.2) is 0 Å².